The van der Waals surface area contributed by atoms with Crippen molar-refractivity contribution in [1.29, 1.82) is 0 Å². The zero-order valence-corrected chi connectivity index (χ0v) is 13.1. The summed E-state index contributed by atoms with van der Waals surface area (Å²) >= 11 is 0. The van der Waals surface area contributed by atoms with Crippen molar-refractivity contribution < 1.29 is 14.6 Å². The highest BCUT2D eigenvalue weighted by Gasteiger charge is 2.07. The molecule has 3 N–H and O–H groups in total. The molecule has 1 aromatic rings. The highest BCUT2D eigenvalue weighted by atomic mass is 16.5. The molecule has 2 unspecified atom stereocenters. The Bertz CT molecular complexity index is 420. The second-order valence-electron chi connectivity index (χ2n) is 5.23. The lowest BCUT2D eigenvalue weighted by Crippen LogP contribution is -2.36. The minimum atomic E-state index is -0.240. The Morgan fingerprint density at radius 1 is 1.29 bits per heavy atom. The van der Waals surface area contributed by atoms with Gasteiger partial charge in [-0.25, -0.2) is 4.79 Å². The third-order valence-corrected chi connectivity index (χ3v) is 3.20. The van der Waals surface area contributed by atoms with Crippen LogP contribution in [0, 0.1) is 0 Å². The van der Waals surface area contributed by atoms with Gasteiger partial charge >= 0.3 is 6.03 Å². The number of nitrogens with one attached hydrogen (secondary N) is 2. The van der Waals surface area contributed by atoms with E-state index in [9.17, 15) is 4.79 Å². The molecule has 1 rings (SSSR count). The topological polar surface area (TPSA) is 70.6 Å². The number of rotatable bonds is 8. The van der Waals surface area contributed by atoms with E-state index in [0.717, 1.165) is 24.3 Å². The molecule has 0 saturated carbocycles. The molecule has 2 atom stereocenters. The fraction of sp³-hybridized carbons (Fsp3) is 0.562. The monoisotopic (exact) mass is 294 g/mol. The molecule has 5 heteroatoms. The summed E-state index contributed by atoms with van der Waals surface area (Å²) in [5.74, 6) is 0.798. The first-order valence-corrected chi connectivity index (χ1v) is 7.50. The van der Waals surface area contributed by atoms with Gasteiger partial charge in [-0.1, -0.05) is 6.92 Å². The van der Waals surface area contributed by atoms with Crippen LogP contribution in [0.4, 0.5) is 10.5 Å². The lowest BCUT2D eigenvalue weighted by atomic mass is 10.2. The fourth-order valence-electron chi connectivity index (χ4n) is 1.79. The first-order chi connectivity index (χ1) is 10.0. The molecule has 0 saturated heterocycles. The maximum absolute atomic E-state index is 11.8. The number of benzene rings is 1. The Hall–Kier alpha value is -1.75. The zero-order valence-electron chi connectivity index (χ0n) is 13.1. The standard InChI is InChI=1S/C16H26N2O3/c1-4-13(3)21-15-9-7-14(8-10-15)18-16(20)17-12(2)6-5-11-19/h7-10,12-13,19H,4-6,11H2,1-3H3,(H2,17,18,20). The number of aliphatic hydroxyl groups is 1. The van der Waals surface area contributed by atoms with Gasteiger partial charge in [0.05, 0.1) is 6.10 Å². The molecule has 0 radical (unpaired) electrons. The van der Waals surface area contributed by atoms with E-state index in [0.29, 0.717) is 6.42 Å². The number of hydrogen-bond donors (Lipinski definition) is 3. The number of aliphatic hydroxyl groups excluding tert-OH is 1. The van der Waals surface area contributed by atoms with Crippen molar-refractivity contribution in [1.82, 2.24) is 5.32 Å². The number of hydrogen-bond acceptors (Lipinski definition) is 3. The normalized spacial score (nSPS) is 13.3. The Balaban J connectivity index is 2.42. The second-order valence-corrected chi connectivity index (χ2v) is 5.23. The van der Waals surface area contributed by atoms with Crippen molar-refractivity contribution >= 4 is 11.7 Å². The molecule has 0 heterocycles. The van der Waals surface area contributed by atoms with E-state index in [1.54, 1.807) is 0 Å². The van der Waals surface area contributed by atoms with Crippen molar-refractivity contribution in [2.24, 2.45) is 0 Å². The van der Waals surface area contributed by atoms with Gasteiger partial charge in [-0.3, -0.25) is 0 Å². The predicted molar refractivity (Wildman–Crippen MR) is 84.8 cm³/mol. The molecule has 2 amide bonds. The molecule has 0 spiro atoms. The Morgan fingerprint density at radius 3 is 2.52 bits per heavy atom. The maximum Gasteiger partial charge on any atom is 0.319 e. The van der Waals surface area contributed by atoms with Crippen molar-refractivity contribution in [3.05, 3.63) is 24.3 Å². The lowest BCUT2D eigenvalue weighted by Gasteiger charge is -2.15. The highest BCUT2D eigenvalue weighted by Crippen LogP contribution is 2.17. The molecule has 0 aliphatic rings. The second kappa shape index (κ2) is 9.23. The molecular formula is C16H26N2O3. The van der Waals surface area contributed by atoms with Crippen LogP contribution in [0.25, 0.3) is 0 Å². The van der Waals surface area contributed by atoms with Crippen molar-refractivity contribution in [3.63, 3.8) is 0 Å². The van der Waals surface area contributed by atoms with Gasteiger partial charge in [0.1, 0.15) is 5.75 Å². The van der Waals surface area contributed by atoms with Crippen LogP contribution in [0.2, 0.25) is 0 Å². The van der Waals surface area contributed by atoms with E-state index in [2.05, 4.69) is 17.6 Å². The van der Waals surface area contributed by atoms with Gasteiger partial charge in [-0.15, -0.1) is 0 Å². The first-order valence-electron chi connectivity index (χ1n) is 7.50. The third kappa shape index (κ3) is 6.99. The van der Waals surface area contributed by atoms with Crippen molar-refractivity contribution in [3.8, 4) is 5.75 Å². The SMILES string of the molecule is CCC(C)Oc1ccc(NC(=O)NC(C)CCCO)cc1. The van der Waals surface area contributed by atoms with Crippen LogP contribution in [-0.2, 0) is 0 Å². The fourth-order valence-corrected chi connectivity index (χ4v) is 1.79. The molecule has 0 bridgehead atoms. The van der Waals surface area contributed by atoms with Gasteiger partial charge in [0.25, 0.3) is 0 Å². The smallest absolute Gasteiger partial charge is 0.319 e. The zero-order chi connectivity index (χ0) is 15.7. The van der Waals surface area contributed by atoms with Crippen LogP contribution in [0.1, 0.15) is 40.0 Å². The molecule has 5 nitrogen and oxygen atoms in total. The summed E-state index contributed by atoms with van der Waals surface area (Å²) in [5.41, 5.74) is 0.721. The third-order valence-electron chi connectivity index (χ3n) is 3.20. The van der Waals surface area contributed by atoms with Gasteiger partial charge in [0.15, 0.2) is 0 Å². The molecule has 118 valence electrons. The molecule has 0 fully saturated rings. The van der Waals surface area contributed by atoms with Crippen molar-refractivity contribution in [2.75, 3.05) is 11.9 Å². The maximum atomic E-state index is 11.8. The summed E-state index contributed by atoms with van der Waals surface area (Å²) in [6.45, 7) is 6.15. The average Bonchev–Trinajstić information content (AvgIpc) is 2.46. The van der Waals surface area contributed by atoms with E-state index in [4.69, 9.17) is 9.84 Å². The number of amides is 2. The van der Waals surface area contributed by atoms with Crippen LogP contribution in [0.15, 0.2) is 24.3 Å². The van der Waals surface area contributed by atoms with Crippen molar-refractivity contribution in [2.45, 2.75) is 52.2 Å². The van der Waals surface area contributed by atoms with Gasteiger partial charge in [-0.2, -0.15) is 0 Å². The minimum absolute atomic E-state index is 0.0326. The van der Waals surface area contributed by atoms with E-state index >= 15 is 0 Å². The van der Waals surface area contributed by atoms with Gasteiger partial charge in [-0.05, 0) is 57.4 Å². The lowest BCUT2D eigenvalue weighted by molar-refractivity contribution is 0.217. The van der Waals surface area contributed by atoms with E-state index in [-0.39, 0.29) is 24.8 Å². The van der Waals surface area contributed by atoms with E-state index < -0.39 is 0 Å². The van der Waals surface area contributed by atoms with Gasteiger partial charge in [0.2, 0.25) is 0 Å². The summed E-state index contributed by atoms with van der Waals surface area (Å²) < 4.78 is 5.68. The first kappa shape index (κ1) is 17.3. The Labute approximate surface area is 126 Å². The highest BCUT2D eigenvalue weighted by molar-refractivity contribution is 5.89. The molecule has 21 heavy (non-hydrogen) atoms. The summed E-state index contributed by atoms with van der Waals surface area (Å²) in [6, 6.07) is 7.11. The Kier molecular flexibility index (Phi) is 7.61. The summed E-state index contributed by atoms with van der Waals surface area (Å²) in [5, 5.41) is 14.4. The van der Waals surface area contributed by atoms with Crippen LogP contribution < -0.4 is 15.4 Å². The summed E-state index contributed by atoms with van der Waals surface area (Å²) in [7, 11) is 0. The molecule has 1 aromatic carbocycles. The quantitative estimate of drug-likeness (QED) is 0.690. The van der Waals surface area contributed by atoms with Crippen LogP contribution in [0.5, 0.6) is 5.75 Å². The molecular weight excluding hydrogens is 268 g/mol. The van der Waals surface area contributed by atoms with E-state index in [1.807, 2.05) is 38.1 Å². The van der Waals surface area contributed by atoms with Crippen LogP contribution in [0.3, 0.4) is 0 Å². The van der Waals surface area contributed by atoms with Crippen LogP contribution >= 0.6 is 0 Å². The largest absolute Gasteiger partial charge is 0.491 e. The molecule has 0 aromatic heterocycles. The Morgan fingerprint density at radius 2 is 1.95 bits per heavy atom. The number of urea groups is 1. The number of ether oxygens (including phenoxy) is 1. The predicted octanol–water partition coefficient (Wildman–Crippen LogP) is 3.15. The van der Waals surface area contributed by atoms with Crippen LogP contribution in [-0.4, -0.2) is 29.9 Å². The van der Waals surface area contributed by atoms with E-state index in [1.165, 1.54) is 0 Å². The molecule has 0 aliphatic carbocycles. The number of anilines is 1. The minimum Gasteiger partial charge on any atom is -0.491 e. The number of carbonyl (C=O) groups excluding carboxylic acids is 1. The average molecular weight is 294 g/mol. The van der Waals surface area contributed by atoms with Gasteiger partial charge < -0.3 is 20.5 Å². The summed E-state index contributed by atoms with van der Waals surface area (Å²) in [4.78, 5) is 11.8. The number of carbonyl (C=O) groups is 1. The molecule has 0 aliphatic heterocycles. The summed E-state index contributed by atoms with van der Waals surface area (Å²) in [6.07, 6.45) is 2.57. The van der Waals surface area contributed by atoms with Gasteiger partial charge in [0, 0.05) is 18.3 Å².